The number of hydrogen-bond donors (Lipinski definition) is 1. The van der Waals surface area contributed by atoms with Crippen molar-refractivity contribution in [1.29, 1.82) is 0 Å². The van der Waals surface area contributed by atoms with Crippen LogP contribution in [0.1, 0.15) is 30.0 Å². The summed E-state index contributed by atoms with van der Waals surface area (Å²) in [4.78, 5) is 12.0. The van der Waals surface area contributed by atoms with Gasteiger partial charge in [0.15, 0.2) is 0 Å². The van der Waals surface area contributed by atoms with E-state index >= 15 is 0 Å². The van der Waals surface area contributed by atoms with Crippen molar-refractivity contribution in [3.8, 4) is 5.75 Å². The van der Waals surface area contributed by atoms with Gasteiger partial charge in [-0.3, -0.25) is 4.79 Å². The first-order chi connectivity index (χ1) is 10.2. The molecule has 0 aliphatic heterocycles. The number of nitrogens with two attached hydrogens (primary N) is 1. The number of Topliss-reactive ketones (excluding diaryl/α,β-unsaturated/α-hetero) is 1. The van der Waals surface area contributed by atoms with Gasteiger partial charge in [0.2, 0.25) is 0 Å². The van der Waals surface area contributed by atoms with E-state index in [4.69, 9.17) is 10.5 Å². The summed E-state index contributed by atoms with van der Waals surface area (Å²) >= 11 is 0. The molecule has 0 heterocycles. The second-order valence-electron chi connectivity index (χ2n) is 5.11. The van der Waals surface area contributed by atoms with Crippen LogP contribution in [0.3, 0.4) is 0 Å². The van der Waals surface area contributed by atoms with E-state index in [9.17, 15) is 4.79 Å². The number of benzene rings is 2. The predicted molar refractivity (Wildman–Crippen MR) is 84.3 cm³/mol. The maximum absolute atomic E-state index is 12.0. The number of carbonyl (C=O) groups excluding carboxylic acids is 1. The van der Waals surface area contributed by atoms with E-state index in [1.807, 2.05) is 54.6 Å². The molecular weight excluding hydrogens is 262 g/mol. The Kier molecular flexibility index (Phi) is 5.52. The maximum atomic E-state index is 12.0. The lowest BCUT2D eigenvalue weighted by Gasteiger charge is -2.11. The van der Waals surface area contributed by atoms with Crippen molar-refractivity contribution in [2.75, 3.05) is 7.11 Å². The third kappa shape index (κ3) is 4.72. The highest BCUT2D eigenvalue weighted by Crippen LogP contribution is 2.16. The van der Waals surface area contributed by atoms with Crippen molar-refractivity contribution < 1.29 is 9.53 Å². The molecule has 3 nitrogen and oxygen atoms in total. The first kappa shape index (κ1) is 15.3. The largest absolute Gasteiger partial charge is 0.497 e. The Bertz CT molecular complexity index is 564. The first-order valence-corrected chi connectivity index (χ1v) is 7.14. The second kappa shape index (κ2) is 7.60. The molecule has 2 N–H and O–H groups in total. The van der Waals surface area contributed by atoms with Crippen LogP contribution < -0.4 is 10.5 Å². The third-order valence-electron chi connectivity index (χ3n) is 3.53. The van der Waals surface area contributed by atoms with Crippen LogP contribution in [0, 0.1) is 0 Å². The number of ketones is 1. The summed E-state index contributed by atoms with van der Waals surface area (Å²) in [7, 11) is 1.64. The van der Waals surface area contributed by atoms with Gasteiger partial charge in [-0.15, -0.1) is 0 Å². The molecule has 0 saturated carbocycles. The zero-order chi connectivity index (χ0) is 15.1. The zero-order valence-corrected chi connectivity index (χ0v) is 12.3. The van der Waals surface area contributed by atoms with Crippen LogP contribution in [0.4, 0.5) is 0 Å². The normalized spacial score (nSPS) is 11.9. The van der Waals surface area contributed by atoms with Crippen molar-refractivity contribution in [3.05, 3.63) is 65.7 Å². The zero-order valence-electron chi connectivity index (χ0n) is 12.3. The minimum atomic E-state index is -0.213. The van der Waals surface area contributed by atoms with Crippen LogP contribution in [-0.2, 0) is 11.2 Å². The Labute approximate surface area is 125 Å². The number of hydrogen-bond acceptors (Lipinski definition) is 3. The van der Waals surface area contributed by atoms with E-state index in [2.05, 4.69) is 0 Å². The molecule has 2 aromatic carbocycles. The smallest absolute Gasteiger partial charge is 0.135 e. The van der Waals surface area contributed by atoms with E-state index < -0.39 is 0 Å². The predicted octanol–water partition coefficient (Wildman–Crippen LogP) is 3.29. The molecule has 0 fully saturated rings. The lowest BCUT2D eigenvalue weighted by atomic mass is 9.99. The third-order valence-corrected chi connectivity index (χ3v) is 3.53. The Morgan fingerprint density at radius 3 is 2.38 bits per heavy atom. The van der Waals surface area contributed by atoms with Gasteiger partial charge < -0.3 is 10.5 Å². The van der Waals surface area contributed by atoms with Crippen LogP contribution in [0.5, 0.6) is 5.75 Å². The molecule has 0 amide bonds. The number of ether oxygens (including phenoxy) is 1. The monoisotopic (exact) mass is 283 g/mol. The molecule has 110 valence electrons. The minimum Gasteiger partial charge on any atom is -0.497 e. The van der Waals surface area contributed by atoms with Crippen LogP contribution >= 0.6 is 0 Å². The van der Waals surface area contributed by atoms with Crippen LogP contribution in [-0.4, -0.2) is 12.9 Å². The average molecular weight is 283 g/mol. The molecule has 2 aromatic rings. The van der Waals surface area contributed by atoms with E-state index in [1.165, 1.54) is 0 Å². The molecule has 0 spiro atoms. The highest BCUT2D eigenvalue weighted by molar-refractivity contribution is 5.79. The molecule has 0 aliphatic carbocycles. The van der Waals surface area contributed by atoms with Crippen LogP contribution in [0.15, 0.2) is 54.6 Å². The molecule has 0 aromatic heterocycles. The molecular formula is C18H21NO2. The minimum absolute atomic E-state index is 0.196. The molecule has 1 atom stereocenters. The van der Waals surface area contributed by atoms with Crippen molar-refractivity contribution in [2.24, 2.45) is 5.73 Å². The van der Waals surface area contributed by atoms with Gasteiger partial charge in [-0.05, 0) is 29.7 Å². The van der Waals surface area contributed by atoms with Gasteiger partial charge in [0.05, 0.1) is 7.11 Å². The molecule has 21 heavy (non-hydrogen) atoms. The van der Waals surface area contributed by atoms with Gasteiger partial charge in [0, 0.05) is 18.9 Å². The van der Waals surface area contributed by atoms with E-state index in [-0.39, 0.29) is 11.8 Å². The van der Waals surface area contributed by atoms with Crippen molar-refractivity contribution in [2.45, 2.75) is 25.3 Å². The lowest BCUT2D eigenvalue weighted by molar-refractivity contribution is -0.119. The first-order valence-electron chi connectivity index (χ1n) is 7.14. The fraction of sp³-hybridized carbons (Fsp3) is 0.278. The molecule has 0 aliphatic rings. The summed E-state index contributed by atoms with van der Waals surface area (Å²) in [5.74, 6) is 1.03. The summed E-state index contributed by atoms with van der Waals surface area (Å²) in [6.45, 7) is 0. The lowest BCUT2D eigenvalue weighted by Crippen LogP contribution is -2.15. The Morgan fingerprint density at radius 1 is 1.10 bits per heavy atom. The fourth-order valence-electron chi connectivity index (χ4n) is 2.24. The van der Waals surface area contributed by atoms with Crippen LogP contribution in [0.2, 0.25) is 0 Å². The second-order valence-corrected chi connectivity index (χ2v) is 5.11. The van der Waals surface area contributed by atoms with Gasteiger partial charge in [0.1, 0.15) is 11.5 Å². The quantitative estimate of drug-likeness (QED) is 0.848. The van der Waals surface area contributed by atoms with Crippen molar-refractivity contribution in [1.82, 2.24) is 0 Å². The standard InChI is InChI=1S/C18H21NO2/c1-21-17-11-8-14(9-12-17)7-10-16(20)13-18(19)15-5-3-2-4-6-15/h2-6,8-9,11-12,18H,7,10,13,19H2,1H3. The number of rotatable bonds is 7. The summed E-state index contributed by atoms with van der Waals surface area (Å²) in [6.07, 6.45) is 1.65. The van der Waals surface area contributed by atoms with E-state index in [0.717, 1.165) is 23.3 Å². The highest BCUT2D eigenvalue weighted by atomic mass is 16.5. The van der Waals surface area contributed by atoms with Gasteiger partial charge in [-0.25, -0.2) is 0 Å². The SMILES string of the molecule is COc1ccc(CCC(=O)CC(N)c2ccccc2)cc1. The Balaban J connectivity index is 1.81. The summed E-state index contributed by atoms with van der Waals surface area (Å²) in [5, 5.41) is 0. The highest BCUT2D eigenvalue weighted by Gasteiger charge is 2.11. The Hall–Kier alpha value is -2.13. The van der Waals surface area contributed by atoms with Gasteiger partial charge in [-0.1, -0.05) is 42.5 Å². The number of carbonyl (C=O) groups is 1. The summed E-state index contributed by atoms with van der Waals surface area (Å²) < 4.78 is 5.11. The Morgan fingerprint density at radius 2 is 1.76 bits per heavy atom. The topological polar surface area (TPSA) is 52.3 Å². The number of aryl methyl sites for hydroxylation is 1. The van der Waals surface area contributed by atoms with Crippen molar-refractivity contribution in [3.63, 3.8) is 0 Å². The molecule has 3 heteroatoms. The molecule has 1 unspecified atom stereocenters. The number of methoxy groups -OCH3 is 1. The summed E-state index contributed by atoms with van der Waals surface area (Å²) in [5.41, 5.74) is 8.21. The van der Waals surface area contributed by atoms with Gasteiger partial charge in [-0.2, -0.15) is 0 Å². The fourth-order valence-corrected chi connectivity index (χ4v) is 2.24. The molecule has 0 saturated heterocycles. The van der Waals surface area contributed by atoms with E-state index in [0.29, 0.717) is 12.8 Å². The average Bonchev–Trinajstić information content (AvgIpc) is 2.54. The molecule has 2 rings (SSSR count). The van der Waals surface area contributed by atoms with Crippen molar-refractivity contribution >= 4 is 5.78 Å². The molecule has 0 bridgehead atoms. The van der Waals surface area contributed by atoms with Crippen LogP contribution in [0.25, 0.3) is 0 Å². The maximum Gasteiger partial charge on any atom is 0.135 e. The van der Waals surface area contributed by atoms with Gasteiger partial charge in [0.25, 0.3) is 0 Å². The molecule has 0 radical (unpaired) electrons. The van der Waals surface area contributed by atoms with Gasteiger partial charge >= 0.3 is 0 Å². The van der Waals surface area contributed by atoms with E-state index in [1.54, 1.807) is 7.11 Å². The summed E-state index contributed by atoms with van der Waals surface area (Å²) in [6, 6.07) is 17.3.